The molecule has 0 N–H and O–H groups in total. The highest BCUT2D eigenvalue weighted by molar-refractivity contribution is 8.03. The van der Waals surface area contributed by atoms with E-state index in [1.165, 1.54) is 23.9 Å². The Bertz CT molecular complexity index is 403. The van der Waals surface area contributed by atoms with Crippen molar-refractivity contribution in [3.05, 3.63) is 34.4 Å². The quantitative estimate of drug-likeness (QED) is 0.262. The van der Waals surface area contributed by atoms with E-state index in [0.29, 0.717) is 0 Å². The lowest BCUT2D eigenvalue weighted by molar-refractivity contribution is -0.384. The minimum Gasteiger partial charge on any atom is -0.258 e. The summed E-state index contributed by atoms with van der Waals surface area (Å²) in [5.41, 5.74) is 0.114. The van der Waals surface area contributed by atoms with Gasteiger partial charge in [0.15, 0.2) is 0 Å². The van der Waals surface area contributed by atoms with Gasteiger partial charge in [-0.3, -0.25) is 10.1 Å². The number of hydrogen-bond donors (Lipinski definition) is 0. The highest BCUT2D eigenvalue weighted by atomic mass is 32.2. The van der Waals surface area contributed by atoms with E-state index in [0.717, 1.165) is 24.2 Å². The average molecular weight is 235 g/mol. The van der Waals surface area contributed by atoms with Crippen molar-refractivity contribution in [3.63, 3.8) is 0 Å². The van der Waals surface area contributed by atoms with Crippen molar-refractivity contribution >= 4 is 17.4 Å². The summed E-state index contributed by atoms with van der Waals surface area (Å²) in [4.78, 5) is 11.0. The molecule has 0 spiro atoms. The first-order chi connectivity index (χ1) is 7.74. The molecule has 0 saturated heterocycles. The number of hydrogen-bond acceptors (Lipinski definition) is 3. The normalized spacial score (nSPS) is 9.31. The summed E-state index contributed by atoms with van der Waals surface area (Å²) in [6.45, 7) is 2.13. The van der Waals surface area contributed by atoms with Gasteiger partial charge in [-0.05, 0) is 35.6 Å². The molecule has 0 bridgehead atoms. The van der Waals surface area contributed by atoms with Crippen molar-refractivity contribution < 1.29 is 4.92 Å². The first-order valence-corrected chi connectivity index (χ1v) is 5.95. The molecular weight excluding hydrogens is 222 g/mol. The molecule has 84 valence electrons. The fraction of sp³-hybridized carbons (Fsp3) is 0.333. The number of benzene rings is 1. The van der Waals surface area contributed by atoms with Crippen LogP contribution in [0.15, 0.2) is 29.2 Å². The first-order valence-electron chi connectivity index (χ1n) is 5.13. The second-order valence-electron chi connectivity index (χ2n) is 3.24. The SMILES string of the molecule is CCCCC#CSc1ccc([N+](=O)[O-])cc1. The molecule has 1 rings (SSSR count). The van der Waals surface area contributed by atoms with Crippen molar-refractivity contribution in [1.29, 1.82) is 0 Å². The second kappa shape index (κ2) is 6.91. The van der Waals surface area contributed by atoms with E-state index in [9.17, 15) is 10.1 Å². The van der Waals surface area contributed by atoms with E-state index in [1.54, 1.807) is 12.1 Å². The third kappa shape index (κ3) is 4.37. The monoisotopic (exact) mass is 235 g/mol. The summed E-state index contributed by atoms with van der Waals surface area (Å²) in [6.07, 6.45) is 3.18. The van der Waals surface area contributed by atoms with Crippen LogP contribution in [0.25, 0.3) is 0 Å². The predicted octanol–water partition coefficient (Wildman–Crippen LogP) is 3.84. The van der Waals surface area contributed by atoms with Crippen LogP contribution in [-0.2, 0) is 0 Å². The Balaban J connectivity index is 2.48. The number of unbranched alkanes of at least 4 members (excludes halogenated alkanes) is 2. The lowest BCUT2D eigenvalue weighted by Gasteiger charge is -1.93. The molecule has 1 aromatic rings. The number of nitro groups is 1. The smallest absolute Gasteiger partial charge is 0.258 e. The maximum Gasteiger partial charge on any atom is 0.269 e. The van der Waals surface area contributed by atoms with Crippen LogP contribution >= 0.6 is 11.8 Å². The predicted molar refractivity (Wildman–Crippen MR) is 66.3 cm³/mol. The molecule has 0 fully saturated rings. The maximum absolute atomic E-state index is 10.4. The Morgan fingerprint density at radius 1 is 1.38 bits per heavy atom. The molecule has 0 aliphatic rings. The number of non-ortho nitro benzene ring substituents is 1. The largest absolute Gasteiger partial charge is 0.269 e. The van der Waals surface area contributed by atoms with Crippen LogP contribution in [0.1, 0.15) is 26.2 Å². The van der Waals surface area contributed by atoms with Gasteiger partial charge in [0.05, 0.1) is 4.92 Å². The Labute approximate surface area is 99.4 Å². The summed E-state index contributed by atoms with van der Waals surface area (Å²) < 4.78 is 0. The maximum atomic E-state index is 10.4. The molecule has 0 heterocycles. The van der Waals surface area contributed by atoms with E-state index in [4.69, 9.17) is 0 Å². The zero-order valence-electron chi connectivity index (χ0n) is 9.10. The van der Waals surface area contributed by atoms with Crippen molar-refractivity contribution in [2.45, 2.75) is 31.1 Å². The number of thioether (sulfide) groups is 1. The van der Waals surface area contributed by atoms with E-state index < -0.39 is 4.92 Å². The number of rotatable bonds is 4. The fourth-order valence-corrected chi connectivity index (χ4v) is 1.61. The molecule has 0 aliphatic carbocycles. The van der Waals surface area contributed by atoms with Crippen molar-refractivity contribution in [3.8, 4) is 11.2 Å². The molecule has 0 unspecified atom stereocenters. The average Bonchev–Trinajstić information content (AvgIpc) is 2.29. The zero-order chi connectivity index (χ0) is 11.8. The van der Waals surface area contributed by atoms with Gasteiger partial charge in [-0.2, -0.15) is 0 Å². The summed E-state index contributed by atoms with van der Waals surface area (Å²) in [5, 5.41) is 13.4. The zero-order valence-corrected chi connectivity index (χ0v) is 9.92. The molecule has 0 aromatic heterocycles. The third-order valence-corrected chi connectivity index (χ3v) is 2.70. The van der Waals surface area contributed by atoms with Gasteiger partial charge in [-0.1, -0.05) is 19.3 Å². The van der Waals surface area contributed by atoms with Gasteiger partial charge in [0, 0.05) is 23.4 Å². The van der Waals surface area contributed by atoms with E-state index in [-0.39, 0.29) is 5.69 Å². The van der Waals surface area contributed by atoms with Crippen molar-refractivity contribution in [1.82, 2.24) is 0 Å². The summed E-state index contributed by atoms with van der Waals surface area (Å²) in [7, 11) is 0. The van der Waals surface area contributed by atoms with Gasteiger partial charge in [0.25, 0.3) is 5.69 Å². The van der Waals surface area contributed by atoms with Gasteiger partial charge >= 0.3 is 0 Å². The van der Waals surface area contributed by atoms with Crippen LogP contribution < -0.4 is 0 Å². The Morgan fingerprint density at radius 2 is 2.06 bits per heavy atom. The highest BCUT2D eigenvalue weighted by Crippen LogP contribution is 2.20. The number of nitro benzene ring substituents is 1. The summed E-state index contributed by atoms with van der Waals surface area (Å²) >= 11 is 1.41. The van der Waals surface area contributed by atoms with Gasteiger partial charge in [-0.25, -0.2) is 0 Å². The summed E-state index contributed by atoms with van der Waals surface area (Å²) in [6, 6.07) is 6.43. The van der Waals surface area contributed by atoms with E-state index >= 15 is 0 Å². The molecule has 4 heteroatoms. The molecule has 0 radical (unpaired) electrons. The van der Waals surface area contributed by atoms with Crippen LogP contribution in [0.2, 0.25) is 0 Å². The highest BCUT2D eigenvalue weighted by Gasteiger charge is 2.02. The fourth-order valence-electron chi connectivity index (χ4n) is 1.05. The van der Waals surface area contributed by atoms with Crippen LogP contribution in [0.4, 0.5) is 5.69 Å². The van der Waals surface area contributed by atoms with Gasteiger partial charge in [-0.15, -0.1) is 0 Å². The molecule has 0 amide bonds. The lowest BCUT2D eigenvalue weighted by Crippen LogP contribution is -1.86. The third-order valence-electron chi connectivity index (χ3n) is 1.94. The van der Waals surface area contributed by atoms with Crippen LogP contribution in [0, 0.1) is 21.3 Å². The number of nitrogens with zero attached hydrogens (tertiary/aromatic N) is 1. The standard InChI is InChI=1S/C12H13NO2S/c1-2-3-4-5-10-16-12-8-6-11(7-9-12)13(14)15/h6-9H,2-4H2,1H3. The molecule has 0 saturated carbocycles. The van der Waals surface area contributed by atoms with E-state index in [1.807, 2.05) is 0 Å². The lowest BCUT2D eigenvalue weighted by atomic mass is 10.3. The molecule has 0 atom stereocenters. The molecule has 1 aromatic carbocycles. The first kappa shape index (κ1) is 12.6. The van der Waals surface area contributed by atoms with Crippen molar-refractivity contribution in [2.75, 3.05) is 0 Å². The second-order valence-corrected chi connectivity index (χ2v) is 4.12. The minimum absolute atomic E-state index is 0.114. The Morgan fingerprint density at radius 3 is 2.62 bits per heavy atom. The van der Waals surface area contributed by atoms with Gasteiger partial charge in [0.2, 0.25) is 0 Å². The van der Waals surface area contributed by atoms with Gasteiger partial charge < -0.3 is 0 Å². The summed E-state index contributed by atoms with van der Waals surface area (Å²) in [5.74, 6) is 3.05. The van der Waals surface area contributed by atoms with E-state index in [2.05, 4.69) is 18.1 Å². The van der Waals surface area contributed by atoms with Crippen LogP contribution in [0.5, 0.6) is 0 Å². The topological polar surface area (TPSA) is 43.1 Å². The van der Waals surface area contributed by atoms with Crippen LogP contribution in [0.3, 0.4) is 0 Å². The molecule has 0 aliphatic heterocycles. The van der Waals surface area contributed by atoms with Crippen LogP contribution in [-0.4, -0.2) is 4.92 Å². The Kier molecular flexibility index (Phi) is 5.44. The van der Waals surface area contributed by atoms with Crippen molar-refractivity contribution in [2.24, 2.45) is 0 Å². The molecule has 16 heavy (non-hydrogen) atoms. The molecular formula is C12H13NO2S. The van der Waals surface area contributed by atoms with Gasteiger partial charge in [0.1, 0.15) is 0 Å². The minimum atomic E-state index is -0.401. The Hall–Kier alpha value is -1.47. The molecule has 3 nitrogen and oxygen atoms in total.